The average molecular weight is 380 g/mol. The summed E-state index contributed by atoms with van der Waals surface area (Å²) in [6.45, 7) is 3.03. The fourth-order valence-corrected chi connectivity index (χ4v) is 3.46. The Morgan fingerprint density at radius 2 is 1.79 bits per heavy atom. The van der Waals surface area contributed by atoms with E-state index in [4.69, 9.17) is 4.74 Å². The van der Waals surface area contributed by atoms with Crippen molar-refractivity contribution in [2.45, 2.75) is 64.7 Å². The van der Waals surface area contributed by atoms with Gasteiger partial charge in [-0.3, -0.25) is 4.99 Å². The first-order valence-electron chi connectivity index (χ1n) is 10.8. The molecule has 0 saturated carbocycles. The van der Waals surface area contributed by atoms with Gasteiger partial charge in [0, 0.05) is 18.5 Å². The van der Waals surface area contributed by atoms with E-state index in [1.54, 1.807) is 0 Å². The zero-order valence-corrected chi connectivity index (χ0v) is 17.0. The van der Waals surface area contributed by atoms with Crippen LogP contribution < -0.4 is 4.74 Å². The normalized spacial score (nSPS) is 14.4. The van der Waals surface area contributed by atoms with E-state index in [0.29, 0.717) is 0 Å². The monoisotopic (exact) mass is 379 g/mol. The van der Waals surface area contributed by atoms with Crippen molar-refractivity contribution in [1.29, 1.82) is 0 Å². The molecule has 0 fully saturated rings. The average Bonchev–Trinajstić information content (AvgIpc) is 3.45. The van der Waals surface area contributed by atoms with Crippen LogP contribution in [0.15, 0.2) is 47.2 Å². The van der Waals surface area contributed by atoms with Crippen LogP contribution in [0.2, 0.25) is 0 Å². The molecule has 2 N–H and O–H groups in total. The lowest BCUT2D eigenvalue weighted by atomic mass is 10.1. The van der Waals surface area contributed by atoms with Gasteiger partial charge in [0.1, 0.15) is 5.75 Å². The van der Waals surface area contributed by atoms with E-state index in [1.165, 1.54) is 51.4 Å². The van der Waals surface area contributed by atoms with Gasteiger partial charge < -0.3 is 14.7 Å². The number of aliphatic imine (C=N–C) groups is 1. The third kappa shape index (κ3) is 6.29. The molecule has 0 aliphatic carbocycles. The summed E-state index contributed by atoms with van der Waals surface area (Å²) in [7, 11) is 0. The fourth-order valence-electron chi connectivity index (χ4n) is 3.46. The first-order chi connectivity index (χ1) is 13.9. The van der Waals surface area contributed by atoms with Crippen LogP contribution in [0.5, 0.6) is 5.75 Å². The van der Waals surface area contributed by atoms with Crippen LogP contribution >= 0.6 is 0 Å². The van der Waals surface area contributed by atoms with Crippen molar-refractivity contribution in [1.82, 2.24) is 9.97 Å². The van der Waals surface area contributed by atoms with Crippen molar-refractivity contribution >= 4 is 12.3 Å². The van der Waals surface area contributed by atoms with Gasteiger partial charge in [0.2, 0.25) is 0 Å². The smallest absolute Gasteiger partial charge is 0.144 e. The highest BCUT2D eigenvalue weighted by molar-refractivity contribution is 5.80. The molecule has 0 bridgehead atoms. The zero-order valence-electron chi connectivity index (χ0n) is 17.0. The van der Waals surface area contributed by atoms with E-state index in [-0.39, 0.29) is 0 Å². The van der Waals surface area contributed by atoms with Gasteiger partial charge in [0.15, 0.2) is 0 Å². The molecule has 0 amide bonds. The molecule has 0 spiro atoms. The van der Waals surface area contributed by atoms with Crippen molar-refractivity contribution in [2.75, 3.05) is 6.61 Å². The lowest BCUT2D eigenvalue weighted by Crippen LogP contribution is -1.97. The van der Waals surface area contributed by atoms with Crippen molar-refractivity contribution in [3.05, 3.63) is 47.9 Å². The summed E-state index contributed by atoms with van der Waals surface area (Å²) in [5.74, 6) is 0.896. The number of H-pyrrole nitrogens is 2. The van der Waals surface area contributed by atoms with Gasteiger partial charge >= 0.3 is 0 Å². The summed E-state index contributed by atoms with van der Waals surface area (Å²) in [6, 6.07) is 6.14. The van der Waals surface area contributed by atoms with E-state index in [9.17, 15) is 0 Å². The predicted octanol–water partition coefficient (Wildman–Crippen LogP) is 6.90. The van der Waals surface area contributed by atoms with Crippen LogP contribution in [-0.4, -0.2) is 22.8 Å². The van der Waals surface area contributed by atoms with E-state index in [0.717, 1.165) is 41.6 Å². The molecular formula is C24H33N3O. The summed E-state index contributed by atoms with van der Waals surface area (Å²) < 4.78 is 6.12. The van der Waals surface area contributed by atoms with Crippen LogP contribution in [0.3, 0.4) is 0 Å². The number of rotatable bonds is 13. The van der Waals surface area contributed by atoms with Gasteiger partial charge in [-0.2, -0.15) is 0 Å². The van der Waals surface area contributed by atoms with Crippen LogP contribution in [0, 0.1) is 0 Å². The molecule has 3 heterocycles. The highest BCUT2D eigenvalue weighted by Gasteiger charge is 2.11. The van der Waals surface area contributed by atoms with Gasteiger partial charge in [-0.15, -0.1) is 0 Å². The predicted molar refractivity (Wildman–Crippen MR) is 119 cm³/mol. The maximum Gasteiger partial charge on any atom is 0.144 e. The fraction of sp³-hybridized carbons (Fsp3) is 0.458. The first-order valence-corrected chi connectivity index (χ1v) is 10.8. The number of hydrogen-bond donors (Lipinski definition) is 2. The van der Waals surface area contributed by atoms with E-state index >= 15 is 0 Å². The molecule has 150 valence electrons. The quantitative estimate of drug-likeness (QED) is 0.365. The number of nitrogens with zero attached hydrogens (tertiary/aromatic N) is 1. The van der Waals surface area contributed by atoms with Gasteiger partial charge in [-0.1, -0.05) is 58.3 Å². The molecular weight excluding hydrogens is 346 g/mol. The zero-order chi connectivity index (χ0) is 19.4. The minimum Gasteiger partial charge on any atom is -0.491 e. The lowest BCUT2D eigenvalue weighted by molar-refractivity contribution is 0.304. The maximum absolute atomic E-state index is 6.12. The first kappa shape index (κ1) is 20.2. The summed E-state index contributed by atoms with van der Waals surface area (Å²) in [5.41, 5.74) is 4.00. The number of allylic oxidation sites excluding steroid dienone is 2. The van der Waals surface area contributed by atoms with Gasteiger partial charge in [0.05, 0.1) is 29.4 Å². The molecule has 28 heavy (non-hydrogen) atoms. The number of nitrogens with one attached hydrogen (secondary N) is 2. The molecule has 2 aromatic heterocycles. The number of ether oxygens (including phenoxy) is 1. The number of unbranched alkanes of at least 4 members (excludes halogenated alkanes) is 8. The highest BCUT2D eigenvalue weighted by Crippen LogP contribution is 2.29. The van der Waals surface area contributed by atoms with E-state index < -0.39 is 0 Å². The number of aromatic amines is 2. The van der Waals surface area contributed by atoms with Crippen LogP contribution in [0.1, 0.15) is 70.4 Å². The minimum atomic E-state index is 0.757. The second kappa shape index (κ2) is 11.4. The molecule has 0 saturated heterocycles. The van der Waals surface area contributed by atoms with Crippen LogP contribution in [0.4, 0.5) is 0 Å². The number of hydrogen-bond acceptors (Lipinski definition) is 2. The molecule has 2 aromatic rings. The molecule has 1 aliphatic heterocycles. The van der Waals surface area contributed by atoms with Crippen molar-refractivity contribution < 1.29 is 4.74 Å². The Morgan fingerprint density at radius 3 is 2.46 bits per heavy atom. The Labute approximate surface area is 168 Å². The maximum atomic E-state index is 6.12. The molecule has 0 aromatic carbocycles. The number of aromatic nitrogens is 2. The molecule has 0 radical (unpaired) electrons. The molecule has 3 rings (SSSR count). The van der Waals surface area contributed by atoms with Crippen molar-refractivity contribution in [3.8, 4) is 17.1 Å². The molecule has 0 unspecified atom stereocenters. The molecule has 4 heteroatoms. The Kier molecular flexibility index (Phi) is 8.23. The SMILES string of the molecule is CCCCCCCCCCCOc1cc(-c2ccc[nH]2)[nH]c1/C=C1/C=CC=N1. The Hall–Kier alpha value is -2.49. The van der Waals surface area contributed by atoms with Crippen molar-refractivity contribution in [2.24, 2.45) is 4.99 Å². The summed E-state index contributed by atoms with van der Waals surface area (Å²) in [5, 5.41) is 0. The van der Waals surface area contributed by atoms with E-state index in [2.05, 4.69) is 34.0 Å². The highest BCUT2D eigenvalue weighted by atomic mass is 16.5. The van der Waals surface area contributed by atoms with Crippen LogP contribution in [0.25, 0.3) is 17.5 Å². The Bertz CT molecular complexity index is 767. The van der Waals surface area contributed by atoms with Crippen LogP contribution in [-0.2, 0) is 0 Å². The summed E-state index contributed by atoms with van der Waals surface area (Å²) in [6.07, 6.45) is 21.6. The third-order valence-electron chi connectivity index (χ3n) is 5.07. The topological polar surface area (TPSA) is 53.2 Å². The second-order valence-electron chi connectivity index (χ2n) is 7.43. The Morgan fingerprint density at radius 1 is 1.00 bits per heavy atom. The standard InChI is InChI=1S/C24H33N3O/c1-2-3-4-5-6-7-8-9-10-17-28-24-19-22(21-14-12-16-26-21)27-23(24)18-20-13-11-15-25-20/h11-16,18-19,26-27H,2-10,17H2,1H3/b20-18-. The third-order valence-corrected chi connectivity index (χ3v) is 5.07. The van der Waals surface area contributed by atoms with Gasteiger partial charge in [-0.25, -0.2) is 0 Å². The lowest BCUT2D eigenvalue weighted by Gasteiger charge is -2.06. The van der Waals surface area contributed by atoms with Gasteiger partial charge in [-0.05, 0) is 36.8 Å². The van der Waals surface area contributed by atoms with Gasteiger partial charge in [0.25, 0.3) is 0 Å². The molecule has 4 nitrogen and oxygen atoms in total. The minimum absolute atomic E-state index is 0.757. The molecule has 1 aliphatic rings. The largest absolute Gasteiger partial charge is 0.491 e. The Balaban J connectivity index is 1.47. The summed E-state index contributed by atoms with van der Waals surface area (Å²) >= 11 is 0. The molecule has 0 atom stereocenters. The summed E-state index contributed by atoms with van der Waals surface area (Å²) in [4.78, 5) is 11.0. The second-order valence-corrected chi connectivity index (χ2v) is 7.43. The van der Waals surface area contributed by atoms with E-state index in [1.807, 2.05) is 36.7 Å². The van der Waals surface area contributed by atoms with Crippen molar-refractivity contribution in [3.63, 3.8) is 0 Å².